The average Bonchev–Trinajstić information content (AvgIpc) is 2.54. The van der Waals surface area contributed by atoms with Crippen LogP contribution in [-0.4, -0.2) is 40.6 Å². The number of hydrogen-bond donors (Lipinski definition) is 1. The number of carboxylic acid groups (broad SMARTS) is 1. The molecule has 5 nitrogen and oxygen atoms in total. The van der Waals surface area contributed by atoms with Gasteiger partial charge >= 0.3 is 5.97 Å². The summed E-state index contributed by atoms with van der Waals surface area (Å²) in [6, 6.07) is 7.58. The number of benzene rings is 1. The van der Waals surface area contributed by atoms with E-state index in [4.69, 9.17) is 4.74 Å². The fourth-order valence-electron chi connectivity index (χ4n) is 2.98. The first-order valence-corrected chi connectivity index (χ1v) is 8.52. The molecule has 1 amide bonds. The van der Waals surface area contributed by atoms with Gasteiger partial charge in [-0.25, -0.2) is 4.79 Å². The van der Waals surface area contributed by atoms with Crippen molar-refractivity contribution >= 4 is 11.9 Å². The summed E-state index contributed by atoms with van der Waals surface area (Å²) in [5, 5.41) is 9.20. The van der Waals surface area contributed by atoms with Gasteiger partial charge in [0.05, 0.1) is 0 Å². The molecule has 1 fully saturated rings. The Hall–Kier alpha value is -2.04. The summed E-state index contributed by atoms with van der Waals surface area (Å²) >= 11 is 0. The molecule has 0 aromatic heterocycles. The summed E-state index contributed by atoms with van der Waals surface area (Å²) in [4.78, 5) is 25.4. The van der Waals surface area contributed by atoms with E-state index in [1.807, 2.05) is 36.9 Å². The highest BCUT2D eigenvalue weighted by Gasteiger charge is 2.30. The third-order valence-corrected chi connectivity index (χ3v) is 4.44. The van der Waals surface area contributed by atoms with Crippen LogP contribution in [0.15, 0.2) is 24.3 Å². The first-order chi connectivity index (χ1) is 11.2. The molecule has 132 valence electrons. The number of piperidine rings is 1. The highest BCUT2D eigenvalue weighted by molar-refractivity contribution is 5.78. The molecule has 0 radical (unpaired) electrons. The van der Waals surface area contributed by atoms with Gasteiger partial charge in [-0.15, -0.1) is 0 Å². The maximum Gasteiger partial charge on any atom is 0.347 e. The summed E-state index contributed by atoms with van der Waals surface area (Å²) in [5.41, 5.74) is -0.180. The van der Waals surface area contributed by atoms with Crippen molar-refractivity contribution < 1.29 is 19.4 Å². The van der Waals surface area contributed by atoms with Crippen molar-refractivity contribution in [1.29, 1.82) is 0 Å². The van der Waals surface area contributed by atoms with Crippen LogP contribution in [0.3, 0.4) is 0 Å². The van der Waals surface area contributed by atoms with E-state index in [9.17, 15) is 14.7 Å². The first-order valence-electron chi connectivity index (χ1n) is 8.52. The highest BCUT2D eigenvalue weighted by atomic mass is 16.5. The number of rotatable bonds is 5. The second kappa shape index (κ2) is 7.24. The van der Waals surface area contributed by atoms with Crippen LogP contribution in [0.2, 0.25) is 0 Å². The van der Waals surface area contributed by atoms with Gasteiger partial charge in [0.25, 0.3) is 0 Å². The molecule has 1 aromatic rings. The monoisotopic (exact) mass is 333 g/mol. The topological polar surface area (TPSA) is 66.8 Å². The van der Waals surface area contributed by atoms with E-state index in [1.165, 1.54) is 13.8 Å². The van der Waals surface area contributed by atoms with Crippen LogP contribution < -0.4 is 4.74 Å². The predicted octanol–water partition coefficient (Wildman–Crippen LogP) is 3.29. The van der Waals surface area contributed by atoms with Gasteiger partial charge in [-0.1, -0.05) is 26.0 Å². The SMILES string of the molecule is CC(C)C(=O)N1CCCC(c2cccc(OC(C)(C)C(=O)O)c2)C1. The Balaban J connectivity index is 2.13. The van der Waals surface area contributed by atoms with Crippen molar-refractivity contribution in [2.24, 2.45) is 5.92 Å². The van der Waals surface area contributed by atoms with E-state index in [2.05, 4.69) is 0 Å². The average molecular weight is 333 g/mol. The Kier molecular flexibility index (Phi) is 5.52. The smallest absolute Gasteiger partial charge is 0.347 e. The van der Waals surface area contributed by atoms with Crippen LogP contribution in [0.25, 0.3) is 0 Å². The van der Waals surface area contributed by atoms with E-state index in [1.54, 1.807) is 6.07 Å². The van der Waals surface area contributed by atoms with Crippen LogP contribution >= 0.6 is 0 Å². The van der Waals surface area contributed by atoms with Crippen LogP contribution in [0.5, 0.6) is 5.75 Å². The third-order valence-electron chi connectivity index (χ3n) is 4.44. The zero-order valence-electron chi connectivity index (χ0n) is 14.9. The molecule has 1 unspecified atom stereocenters. The molecule has 1 aliphatic heterocycles. The van der Waals surface area contributed by atoms with Crippen LogP contribution in [-0.2, 0) is 9.59 Å². The van der Waals surface area contributed by atoms with Crippen LogP contribution in [0, 0.1) is 5.92 Å². The van der Waals surface area contributed by atoms with Crippen molar-refractivity contribution in [1.82, 2.24) is 4.90 Å². The molecule has 1 aromatic carbocycles. The molecule has 24 heavy (non-hydrogen) atoms. The lowest BCUT2D eigenvalue weighted by Crippen LogP contribution is -2.41. The number of hydrogen-bond acceptors (Lipinski definition) is 3. The number of ether oxygens (including phenoxy) is 1. The maximum absolute atomic E-state index is 12.2. The van der Waals surface area contributed by atoms with Gasteiger partial charge < -0.3 is 14.7 Å². The molecular weight excluding hydrogens is 306 g/mol. The normalized spacial score (nSPS) is 18.5. The number of carbonyl (C=O) groups excluding carboxylic acids is 1. The van der Waals surface area contributed by atoms with Crippen molar-refractivity contribution in [3.05, 3.63) is 29.8 Å². The van der Waals surface area contributed by atoms with Gasteiger partial charge in [0.2, 0.25) is 5.91 Å². The van der Waals surface area contributed by atoms with E-state index in [-0.39, 0.29) is 17.7 Å². The fourth-order valence-corrected chi connectivity index (χ4v) is 2.98. The molecule has 1 atom stereocenters. The molecule has 1 N–H and O–H groups in total. The standard InChI is InChI=1S/C19H27NO4/c1-13(2)17(21)20-10-6-8-15(12-20)14-7-5-9-16(11-14)24-19(3,4)18(22)23/h5,7,9,11,13,15H,6,8,10,12H2,1-4H3,(H,22,23). The van der Waals surface area contributed by atoms with E-state index in [0.717, 1.165) is 24.9 Å². The van der Waals surface area contributed by atoms with Crippen molar-refractivity contribution in [2.45, 2.75) is 52.1 Å². The molecular formula is C19H27NO4. The van der Waals surface area contributed by atoms with Crippen molar-refractivity contribution in [3.63, 3.8) is 0 Å². The Labute approximate surface area is 143 Å². The minimum atomic E-state index is -1.27. The number of likely N-dealkylation sites (tertiary alicyclic amines) is 1. The molecule has 5 heteroatoms. The number of aliphatic carboxylic acids is 1. The lowest BCUT2D eigenvalue weighted by molar-refractivity contribution is -0.152. The Morgan fingerprint density at radius 1 is 1.33 bits per heavy atom. The van der Waals surface area contributed by atoms with Gasteiger partial charge in [-0.3, -0.25) is 4.79 Å². The molecule has 1 saturated heterocycles. The summed E-state index contributed by atoms with van der Waals surface area (Å²) in [7, 11) is 0. The number of carbonyl (C=O) groups is 2. The van der Waals surface area contributed by atoms with Crippen molar-refractivity contribution in [3.8, 4) is 5.75 Å². The third kappa shape index (κ3) is 4.28. The second-order valence-corrected chi connectivity index (χ2v) is 7.27. The zero-order chi connectivity index (χ0) is 17.9. The quantitative estimate of drug-likeness (QED) is 0.898. The Morgan fingerprint density at radius 2 is 2.04 bits per heavy atom. The lowest BCUT2D eigenvalue weighted by Gasteiger charge is -2.34. The number of amides is 1. The zero-order valence-corrected chi connectivity index (χ0v) is 14.9. The largest absolute Gasteiger partial charge is 0.478 e. The van der Waals surface area contributed by atoms with Gasteiger partial charge in [-0.2, -0.15) is 0 Å². The summed E-state index contributed by atoms with van der Waals surface area (Å²) < 4.78 is 5.63. The minimum absolute atomic E-state index is 0.00906. The minimum Gasteiger partial charge on any atom is -0.478 e. The molecule has 0 bridgehead atoms. The number of carboxylic acids is 1. The van der Waals surface area contributed by atoms with Crippen LogP contribution in [0.1, 0.15) is 52.0 Å². The molecule has 0 aliphatic carbocycles. The van der Waals surface area contributed by atoms with Gasteiger partial charge in [-0.05, 0) is 44.4 Å². The maximum atomic E-state index is 12.2. The first kappa shape index (κ1) is 18.3. The highest BCUT2D eigenvalue weighted by Crippen LogP contribution is 2.30. The Bertz CT molecular complexity index is 609. The lowest BCUT2D eigenvalue weighted by atomic mass is 9.90. The fraction of sp³-hybridized carbons (Fsp3) is 0.579. The van der Waals surface area contributed by atoms with E-state index >= 15 is 0 Å². The summed E-state index contributed by atoms with van der Waals surface area (Å²) in [6.07, 6.45) is 2.00. The molecule has 1 heterocycles. The summed E-state index contributed by atoms with van der Waals surface area (Å²) in [6.45, 7) is 8.44. The van der Waals surface area contributed by atoms with Gasteiger partial charge in [0.1, 0.15) is 5.75 Å². The van der Waals surface area contributed by atoms with Crippen LogP contribution in [0.4, 0.5) is 0 Å². The molecule has 1 aliphatic rings. The molecule has 0 saturated carbocycles. The van der Waals surface area contributed by atoms with Gasteiger partial charge in [0.15, 0.2) is 5.60 Å². The summed E-state index contributed by atoms with van der Waals surface area (Å²) in [5.74, 6) is 0.0123. The van der Waals surface area contributed by atoms with Gasteiger partial charge in [0, 0.05) is 24.9 Å². The number of nitrogens with zero attached hydrogens (tertiary/aromatic N) is 1. The molecule has 2 rings (SSSR count). The van der Waals surface area contributed by atoms with E-state index in [0.29, 0.717) is 12.3 Å². The molecule has 0 spiro atoms. The Morgan fingerprint density at radius 3 is 2.67 bits per heavy atom. The van der Waals surface area contributed by atoms with Crippen molar-refractivity contribution in [2.75, 3.05) is 13.1 Å². The predicted molar refractivity (Wildman–Crippen MR) is 92.2 cm³/mol. The van der Waals surface area contributed by atoms with E-state index < -0.39 is 11.6 Å². The second-order valence-electron chi connectivity index (χ2n) is 7.27.